The Labute approximate surface area is 72.2 Å². The Balaban J connectivity index is 2.59. The molecule has 1 aromatic heterocycles. The molecule has 1 heterocycles. The maximum Gasteiger partial charge on any atom is 0.389 e. The molecule has 0 fully saturated rings. The van der Waals surface area contributed by atoms with Crippen molar-refractivity contribution in [1.29, 1.82) is 0 Å². The molecule has 0 saturated carbocycles. The molecule has 0 aliphatic heterocycles. The Hall–Kier alpha value is -1.15. The van der Waals surface area contributed by atoms with Gasteiger partial charge < -0.3 is 4.74 Å². The van der Waals surface area contributed by atoms with Crippen molar-refractivity contribution in [3.8, 4) is 17.5 Å². The van der Waals surface area contributed by atoms with Gasteiger partial charge in [0.05, 0.1) is 12.1 Å². The molecule has 5 heteroatoms. The zero-order valence-electron chi connectivity index (χ0n) is 5.83. The standard InChI is InChI=1S/C7H4F2NOS/c1-2-3-5-4-12-7(10-5)11-6(8)9/h1,3-4,6H. The molecule has 0 aliphatic carbocycles. The van der Waals surface area contributed by atoms with Gasteiger partial charge in [0.2, 0.25) is 0 Å². The van der Waals surface area contributed by atoms with E-state index in [-0.39, 0.29) is 5.19 Å². The van der Waals surface area contributed by atoms with Crippen molar-refractivity contribution in [2.24, 2.45) is 0 Å². The van der Waals surface area contributed by atoms with Crippen LogP contribution >= 0.6 is 11.3 Å². The summed E-state index contributed by atoms with van der Waals surface area (Å²) in [6.45, 7) is -2.84. The van der Waals surface area contributed by atoms with Crippen LogP contribution in [0, 0.1) is 18.8 Å². The minimum atomic E-state index is -2.84. The van der Waals surface area contributed by atoms with Gasteiger partial charge in [-0.25, -0.2) is 4.98 Å². The minimum Gasteiger partial charge on any atom is -0.408 e. The van der Waals surface area contributed by atoms with Crippen molar-refractivity contribution in [3.05, 3.63) is 17.5 Å². The topological polar surface area (TPSA) is 22.1 Å². The molecule has 2 nitrogen and oxygen atoms in total. The Morgan fingerprint density at radius 3 is 3.08 bits per heavy atom. The number of terminal acetylenes is 1. The first-order chi connectivity index (χ1) is 5.72. The molecule has 0 spiro atoms. The van der Waals surface area contributed by atoms with Crippen LogP contribution in [0.5, 0.6) is 5.19 Å². The molecule has 0 atom stereocenters. The van der Waals surface area contributed by atoms with Gasteiger partial charge in [-0.2, -0.15) is 8.78 Å². The molecule has 0 amide bonds. The summed E-state index contributed by atoms with van der Waals surface area (Å²) in [7, 11) is 0. The van der Waals surface area contributed by atoms with Gasteiger partial charge in [-0.1, -0.05) is 17.3 Å². The summed E-state index contributed by atoms with van der Waals surface area (Å²) >= 11 is 0.978. The third kappa shape index (κ3) is 2.47. The lowest BCUT2D eigenvalue weighted by Crippen LogP contribution is -2.01. The maximum absolute atomic E-state index is 11.6. The molecule has 1 rings (SSSR count). The van der Waals surface area contributed by atoms with Gasteiger partial charge >= 0.3 is 6.61 Å². The lowest BCUT2D eigenvalue weighted by Gasteiger charge is -1.96. The molecule has 0 aromatic carbocycles. The highest BCUT2D eigenvalue weighted by molar-refractivity contribution is 7.11. The van der Waals surface area contributed by atoms with Crippen molar-refractivity contribution in [1.82, 2.24) is 4.98 Å². The number of ether oxygens (including phenoxy) is 1. The number of hydrogen-bond acceptors (Lipinski definition) is 3. The van der Waals surface area contributed by atoms with Crippen molar-refractivity contribution in [2.45, 2.75) is 6.61 Å². The average Bonchev–Trinajstić information content (AvgIpc) is 2.36. The number of hydrogen-bond donors (Lipinski definition) is 0. The second-order valence-corrected chi connectivity index (χ2v) is 2.55. The number of alkyl halides is 2. The van der Waals surface area contributed by atoms with Gasteiger partial charge in [-0.3, -0.25) is 0 Å². The highest BCUT2D eigenvalue weighted by Gasteiger charge is 2.07. The molecule has 63 valence electrons. The number of rotatable bonds is 3. The van der Waals surface area contributed by atoms with E-state index in [1.165, 1.54) is 11.8 Å². The quantitative estimate of drug-likeness (QED) is 0.676. The number of halogens is 2. The highest BCUT2D eigenvalue weighted by atomic mass is 32.1. The number of nitrogens with zero attached hydrogens (tertiary/aromatic N) is 1. The normalized spacial score (nSPS) is 9.83. The molecule has 0 N–H and O–H groups in total. The third-order valence-electron chi connectivity index (χ3n) is 0.922. The fraction of sp³-hybridized carbons (Fsp3) is 0.143. The molecule has 1 radical (unpaired) electrons. The Bertz CT molecular complexity index is 292. The highest BCUT2D eigenvalue weighted by Crippen LogP contribution is 2.20. The van der Waals surface area contributed by atoms with Gasteiger partial charge in [-0.05, 0) is 0 Å². The zero-order chi connectivity index (χ0) is 8.97. The Kier molecular flexibility index (Phi) is 3.00. The molecular formula is C7H4F2NOS. The summed E-state index contributed by atoms with van der Waals surface area (Å²) in [6, 6.07) is 0. The van der Waals surface area contributed by atoms with E-state index < -0.39 is 6.61 Å². The van der Waals surface area contributed by atoms with Crippen molar-refractivity contribution >= 4 is 11.3 Å². The van der Waals surface area contributed by atoms with Gasteiger partial charge in [0.15, 0.2) is 0 Å². The van der Waals surface area contributed by atoms with Crippen LogP contribution < -0.4 is 4.74 Å². The van der Waals surface area contributed by atoms with Crippen LogP contribution in [0.15, 0.2) is 5.38 Å². The molecule has 0 saturated heterocycles. The van der Waals surface area contributed by atoms with E-state index in [9.17, 15) is 8.78 Å². The summed E-state index contributed by atoms with van der Waals surface area (Å²) < 4.78 is 27.2. The van der Waals surface area contributed by atoms with E-state index in [4.69, 9.17) is 6.42 Å². The third-order valence-corrected chi connectivity index (χ3v) is 1.67. The molecule has 0 bridgehead atoms. The summed E-state index contributed by atoms with van der Waals surface area (Å²) in [5.41, 5.74) is 0.457. The van der Waals surface area contributed by atoms with Crippen LogP contribution in [-0.4, -0.2) is 11.6 Å². The van der Waals surface area contributed by atoms with E-state index in [2.05, 4.69) is 15.6 Å². The van der Waals surface area contributed by atoms with Crippen LogP contribution in [0.2, 0.25) is 0 Å². The van der Waals surface area contributed by atoms with Crippen LogP contribution in [-0.2, 0) is 0 Å². The first kappa shape index (κ1) is 8.94. The number of thiazole rings is 1. The summed E-state index contributed by atoms with van der Waals surface area (Å²) in [5, 5.41) is 1.46. The van der Waals surface area contributed by atoms with E-state index in [1.54, 1.807) is 0 Å². The fourth-order valence-corrected chi connectivity index (χ4v) is 1.18. The second-order valence-electron chi connectivity index (χ2n) is 1.73. The molecule has 12 heavy (non-hydrogen) atoms. The minimum absolute atomic E-state index is 0.0773. The summed E-state index contributed by atoms with van der Waals surface area (Å²) in [4.78, 5) is 3.66. The lowest BCUT2D eigenvalue weighted by atomic mass is 10.4. The van der Waals surface area contributed by atoms with Crippen molar-refractivity contribution in [2.75, 3.05) is 0 Å². The van der Waals surface area contributed by atoms with E-state index in [0.29, 0.717) is 5.69 Å². The molecule has 1 aromatic rings. The first-order valence-corrected chi connectivity index (χ1v) is 3.80. The average molecular weight is 188 g/mol. The SMILES string of the molecule is C#C[CH]c1csc(OC(F)F)n1. The largest absolute Gasteiger partial charge is 0.408 e. The van der Waals surface area contributed by atoms with Gasteiger partial charge in [0.1, 0.15) is 0 Å². The van der Waals surface area contributed by atoms with E-state index >= 15 is 0 Å². The Morgan fingerprint density at radius 2 is 2.50 bits per heavy atom. The van der Waals surface area contributed by atoms with E-state index in [0.717, 1.165) is 11.3 Å². The Morgan fingerprint density at radius 1 is 1.75 bits per heavy atom. The van der Waals surface area contributed by atoms with Gasteiger partial charge in [-0.15, -0.1) is 6.42 Å². The second kappa shape index (κ2) is 4.02. The van der Waals surface area contributed by atoms with Crippen LogP contribution in [0.3, 0.4) is 0 Å². The van der Waals surface area contributed by atoms with Crippen molar-refractivity contribution < 1.29 is 13.5 Å². The molecular weight excluding hydrogens is 184 g/mol. The van der Waals surface area contributed by atoms with Crippen LogP contribution in [0.4, 0.5) is 8.78 Å². The van der Waals surface area contributed by atoms with E-state index in [1.807, 2.05) is 0 Å². The van der Waals surface area contributed by atoms with Gasteiger partial charge in [0, 0.05) is 5.38 Å². The predicted molar refractivity (Wildman–Crippen MR) is 41.0 cm³/mol. The van der Waals surface area contributed by atoms with Gasteiger partial charge in [0.25, 0.3) is 5.19 Å². The first-order valence-electron chi connectivity index (χ1n) is 2.92. The van der Waals surface area contributed by atoms with Crippen molar-refractivity contribution in [3.63, 3.8) is 0 Å². The smallest absolute Gasteiger partial charge is 0.389 e. The lowest BCUT2D eigenvalue weighted by molar-refractivity contribution is -0.0499. The van der Waals surface area contributed by atoms with Crippen LogP contribution in [0.25, 0.3) is 0 Å². The van der Waals surface area contributed by atoms with Crippen LogP contribution in [0.1, 0.15) is 5.69 Å². The zero-order valence-corrected chi connectivity index (χ0v) is 6.65. The monoisotopic (exact) mass is 188 g/mol. The maximum atomic E-state index is 11.6. The number of aromatic nitrogens is 1. The predicted octanol–water partition coefficient (Wildman–Crippen LogP) is 1.93. The summed E-state index contributed by atoms with van der Waals surface area (Å²) in [5.74, 6) is 2.23. The molecule has 0 unspecified atom stereocenters. The summed E-state index contributed by atoms with van der Waals surface area (Å²) in [6.07, 6.45) is 6.31. The fourth-order valence-electron chi connectivity index (χ4n) is 0.551. The molecule has 0 aliphatic rings.